The third-order valence-electron chi connectivity index (χ3n) is 5.80. The minimum atomic E-state index is 0.510. The van der Waals surface area contributed by atoms with E-state index >= 15 is 0 Å². The van der Waals surface area contributed by atoms with Crippen molar-refractivity contribution in [3.8, 4) is 0 Å². The minimum absolute atomic E-state index is 0.510. The van der Waals surface area contributed by atoms with Crippen LogP contribution in [0.3, 0.4) is 0 Å². The van der Waals surface area contributed by atoms with Gasteiger partial charge in [-0.25, -0.2) is 0 Å². The summed E-state index contributed by atoms with van der Waals surface area (Å²) >= 11 is 5.99. The molecule has 0 unspecified atom stereocenters. The largest absolute Gasteiger partial charge is 0.371 e. The Morgan fingerprint density at radius 1 is 0.840 bits per heavy atom. The van der Waals surface area contributed by atoms with Crippen LogP contribution in [-0.2, 0) is 6.42 Å². The van der Waals surface area contributed by atoms with Gasteiger partial charge in [-0.3, -0.25) is 0 Å². The Hall–Kier alpha value is -1.71. The average Bonchev–Trinajstić information content (AvgIpc) is 2.62. The first-order chi connectivity index (χ1) is 12.2. The molecule has 0 bridgehead atoms. The number of benzene rings is 2. The molecular formula is C21H26ClN3. The van der Waals surface area contributed by atoms with E-state index in [2.05, 4.69) is 46.2 Å². The standard InChI is InChI=1S/C21H26ClN3/c22-18-3-7-20(8-4-18)25-15-21(16-25)10-13-24(14-11-21)19-5-1-17(2-6-19)9-12-23/h1-8H,9-16,23H2. The Morgan fingerprint density at radius 2 is 1.40 bits per heavy atom. The SMILES string of the molecule is NCCc1ccc(N2CCC3(CC2)CN(c2ccc(Cl)cc2)C3)cc1. The van der Waals surface area contributed by atoms with Crippen LogP contribution in [0.1, 0.15) is 18.4 Å². The van der Waals surface area contributed by atoms with Crippen molar-refractivity contribution in [3.63, 3.8) is 0 Å². The minimum Gasteiger partial charge on any atom is -0.371 e. The van der Waals surface area contributed by atoms with Crippen molar-refractivity contribution >= 4 is 23.0 Å². The van der Waals surface area contributed by atoms with Gasteiger partial charge in [-0.05, 0) is 67.8 Å². The van der Waals surface area contributed by atoms with Crippen LogP contribution in [0.2, 0.25) is 5.02 Å². The first kappa shape index (κ1) is 16.7. The number of piperidine rings is 1. The highest BCUT2D eigenvalue weighted by Gasteiger charge is 2.44. The van der Waals surface area contributed by atoms with E-state index in [9.17, 15) is 0 Å². The Balaban J connectivity index is 1.32. The van der Waals surface area contributed by atoms with Crippen molar-refractivity contribution in [2.75, 3.05) is 42.5 Å². The Bertz CT molecular complexity index is 695. The molecule has 0 amide bonds. The van der Waals surface area contributed by atoms with E-state index in [1.54, 1.807) is 0 Å². The molecule has 0 atom stereocenters. The molecule has 0 aromatic heterocycles. The molecule has 3 nitrogen and oxygen atoms in total. The van der Waals surface area contributed by atoms with E-state index in [0.717, 1.165) is 31.1 Å². The molecule has 1 spiro atoms. The molecule has 2 aliphatic rings. The Morgan fingerprint density at radius 3 is 2.00 bits per heavy atom. The highest BCUT2D eigenvalue weighted by Crippen LogP contribution is 2.43. The summed E-state index contributed by atoms with van der Waals surface area (Å²) in [5, 5.41) is 0.810. The monoisotopic (exact) mass is 355 g/mol. The molecule has 4 rings (SSSR count). The van der Waals surface area contributed by atoms with Crippen molar-refractivity contribution in [2.45, 2.75) is 19.3 Å². The molecule has 4 heteroatoms. The van der Waals surface area contributed by atoms with E-state index in [0.29, 0.717) is 5.41 Å². The van der Waals surface area contributed by atoms with Crippen molar-refractivity contribution in [1.82, 2.24) is 0 Å². The highest BCUT2D eigenvalue weighted by atomic mass is 35.5. The molecule has 2 saturated heterocycles. The van der Waals surface area contributed by atoms with Gasteiger partial charge >= 0.3 is 0 Å². The summed E-state index contributed by atoms with van der Waals surface area (Å²) in [5.74, 6) is 0. The van der Waals surface area contributed by atoms with Crippen molar-refractivity contribution in [2.24, 2.45) is 11.1 Å². The zero-order valence-corrected chi connectivity index (χ0v) is 15.4. The van der Waals surface area contributed by atoms with Gasteiger partial charge in [0.05, 0.1) is 0 Å². The Kier molecular flexibility index (Phi) is 4.61. The average molecular weight is 356 g/mol. The number of anilines is 2. The van der Waals surface area contributed by atoms with Crippen molar-refractivity contribution in [3.05, 3.63) is 59.1 Å². The number of rotatable bonds is 4. The maximum atomic E-state index is 5.99. The third-order valence-corrected chi connectivity index (χ3v) is 6.05. The number of nitrogens with zero attached hydrogens (tertiary/aromatic N) is 2. The van der Waals surface area contributed by atoms with Crippen LogP contribution in [0.5, 0.6) is 0 Å². The lowest BCUT2D eigenvalue weighted by atomic mass is 9.71. The second-order valence-corrected chi connectivity index (χ2v) is 7.96. The number of halogens is 1. The van der Waals surface area contributed by atoms with E-state index in [1.807, 2.05) is 12.1 Å². The highest BCUT2D eigenvalue weighted by molar-refractivity contribution is 6.30. The first-order valence-corrected chi connectivity index (χ1v) is 9.60. The molecule has 2 fully saturated rings. The summed E-state index contributed by atoms with van der Waals surface area (Å²) in [6.45, 7) is 5.39. The van der Waals surface area contributed by atoms with Gasteiger partial charge in [0.25, 0.3) is 0 Å². The lowest BCUT2D eigenvalue weighted by Crippen LogP contribution is -2.60. The van der Waals surface area contributed by atoms with Crippen LogP contribution < -0.4 is 15.5 Å². The van der Waals surface area contributed by atoms with Crippen LogP contribution in [-0.4, -0.2) is 32.7 Å². The zero-order valence-electron chi connectivity index (χ0n) is 14.6. The first-order valence-electron chi connectivity index (χ1n) is 9.22. The van der Waals surface area contributed by atoms with Gasteiger partial charge in [0.1, 0.15) is 0 Å². The topological polar surface area (TPSA) is 32.5 Å². The quantitative estimate of drug-likeness (QED) is 0.901. The van der Waals surface area contributed by atoms with Gasteiger partial charge in [-0.1, -0.05) is 23.7 Å². The van der Waals surface area contributed by atoms with Crippen LogP contribution in [0, 0.1) is 5.41 Å². The molecule has 0 aliphatic carbocycles. The fourth-order valence-electron chi connectivity index (χ4n) is 4.19. The summed E-state index contributed by atoms with van der Waals surface area (Å²) in [6.07, 6.45) is 3.52. The lowest BCUT2D eigenvalue weighted by molar-refractivity contribution is 0.162. The summed E-state index contributed by atoms with van der Waals surface area (Å²) in [7, 11) is 0. The zero-order chi connectivity index (χ0) is 17.3. The summed E-state index contributed by atoms with van der Waals surface area (Å²) < 4.78 is 0. The van der Waals surface area contributed by atoms with E-state index in [1.165, 1.54) is 42.9 Å². The molecule has 0 radical (unpaired) electrons. The Labute approximate surface area is 155 Å². The second kappa shape index (κ2) is 6.89. The molecule has 2 aliphatic heterocycles. The summed E-state index contributed by atoms with van der Waals surface area (Å²) in [4.78, 5) is 5.01. The molecular weight excluding hydrogens is 330 g/mol. The molecule has 2 N–H and O–H groups in total. The predicted octanol–water partition coefficient (Wildman–Crippen LogP) is 3.95. The maximum absolute atomic E-state index is 5.99. The lowest BCUT2D eigenvalue weighted by Gasteiger charge is -2.55. The van der Waals surface area contributed by atoms with Gasteiger partial charge in [0, 0.05) is 48.0 Å². The van der Waals surface area contributed by atoms with Crippen LogP contribution in [0.4, 0.5) is 11.4 Å². The van der Waals surface area contributed by atoms with Crippen LogP contribution >= 0.6 is 11.6 Å². The van der Waals surface area contributed by atoms with Crippen molar-refractivity contribution in [1.29, 1.82) is 0 Å². The van der Waals surface area contributed by atoms with Gasteiger partial charge in [-0.15, -0.1) is 0 Å². The van der Waals surface area contributed by atoms with Crippen LogP contribution in [0.25, 0.3) is 0 Å². The number of hydrogen-bond acceptors (Lipinski definition) is 3. The molecule has 2 aromatic carbocycles. The molecule has 2 aromatic rings. The van der Waals surface area contributed by atoms with E-state index < -0.39 is 0 Å². The molecule has 0 saturated carbocycles. The molecule has 2 heterocycles. The summed E-state index contributed by atoms with van der Waals surface area (Å²) in [6, 6.07) is 17.2. The number of hydrogen-bond donors (Lipinski definition) is 1. The van der Waals surface area contributed by atoms with E-state index in [-0.39, 0.29) is 0 Å². The fraction of sp³-hybridized carbons (Fsp3) is 0.429. The third kappa shape index (κ3) is 3.49. The van der Waals surface area contributed by atoms with Gasteiger partial charge in [-0.2, -0.15) is 0 Å². The summed E-state index contributed by atoms with van der Waals surface area (Å²) in [5.41, 5.74) is 10.1. The van der Waals surface area contributed by atoms with E-state index in [4.69, 9.17) is 17.3 Å². The van der Waals surface area contributed by atoms with Crippen molar-refractivity contribution < 1.29 is 0 Å². The van der Waals surface area contributed by atoms with Gasteiger partial charge in [0.15, 0.2) is 0 Å². The van der Waals surface area contributed by atoms with Crippen LogP contribution in [0.15, 0.2) is 48.5 Å². The predicted molar refractivity (Wildman–Crippen MR) is 107 cm³/mol. The van der Waals surface area contributed by atoms with Gasteiger partial charge in [0.2, 0.25) is 0 Å². The maximum Gasteiger partial charge on any atom is 0.0407 e. The smallest absolute Gasteiger partial charge is 0.0407 e. The molecule has 132 valence electrons. The normalized spacial score (nSPS) is 19.1. The second-order valence-electron chi connectivity index (χ2n) is 7.52. The molecule has 25 heavy (non-hydrogen) atoms. The van der Waals surface area contributed by atoms with Gasteiger partial charge < -0.3 is 15.5 Å². The fourth-order valence-corrected chi connectivity index (χ4v) is 4.32. The number of nitrogens with two attached hydrogens (primary N) is 1.